The van der Waals surface area contributed by atoms with Crippen LogP contribution in [-0.2, 0) is 20.3 Å². The van der Waals surface area contributed by atoms with Crippen molar-refractivity contribution in [1.29, 1.82) is 0 Å². The van der Waals surface area contributed by atoms with Gasteiger partial charge in [-0.05, 0) is 59.8 Å². The summed E-state index contributed by atoms with van der Waals surface area (Å²) < 4.78 is 41.4. The zero-order valence-corrected chi connectivity index (χ0v) is 46.7. The summed E-state index contributed by atoms with van der Waals surface area (Å²) in [7, 11) is 0. The van der Waals surface area contributed by atoms with E-state index in [2.05, 4.69) is 140 Å². The third-order valence-electron chi connectivity index (χ3n) is 16.0. The van der Waals surface area contributed by atoms with Gasteiger partial charge >= 0.3 is 0 Å². The fraction of sp³-hybridized carbons (Fsp3) is 0.438. The van der Waals surface area contributed by atoms with Gasteiger partial charge < -0.3 is 38.4 Å². The van der Waals surface area contributed by atoms with Gasteiger partial charge in [0.25, 0.3) is 0 Å². The number of aromatic amines is 2. The number of nitrogens with one attached hydrogen (secondary N) is 2. The van der Waals surface area contributed by atoms with Crippen molar-refractivity contribution in [3.05, 3.63) is 94.1 Å². The van der Waals surface area contributed by atoms with Crippen LogP contribution < -0.4 is 18.9 Å². The minimum absolute atomic E-state index is 0.179. The maximum Gasteiger partial charge on any atom is 0.164 e. The summed E-state index contributed by atoms with van der Waals surface area (Å²) in [4.78, 5) is 40.9. The number of nitrogens with zero attached hydrogens (tertiary/aromatic N) is 6. The first-order valence-electron chi connectivity index (χ1n) is 28.6. The topological polar surface area (TPSA) is 164 Å². The van der Waals surface area contributed by atoms with Crippen LogP contribution >= 0.6 is 0 Å². The number of fused-ring (bicyclic) bond motifs is 30. The molecule has 9 heterocycles. The minimum atomic E-state index is -0.309. The Labute approximate surface area is 455 Å². The highest BCUT2D eigenvalue weighted by atomic mass is 16.5. The summed E-state index contributed by atoms with van der Waals surface area (Å²) in [5, 5.41) is 3.02. The molecule has 7 aromatic rings. The normalized spacial score (nSPS) is 18.3. The first kappa shape index (κ1) is 50.4. The molecule has 0 radical (unpaired) electrons. The van der Waals surface area contributed by atoms with Gasteiger partial charge in [0, 0.05) is 44.5 Å². The molecule has 4 aromatic carbocycles. The number of unbranched alkanes of at least 4 members (excludes halogenated alkanes) is 4. The SMILES string of the molecule is CCCCOc1c2c(c(OCCCC)c3c4nc5nc(nc6[nH]c(nc7nc(nc([nH]4)c13)-c1cc(C(C)(C)C)ccc1-7)c1c(OCCCC)c3c(c(OCCCC)c61)[C@H]1C=C[C@@H]3O1)-c1cc(C(C)(C)C)ccc1-5)[C@H]1C=C[C@@H]2O1. The number of rotatable bonds is 16. The Kier molecular flexibility index (Phi) is 12.5. The van der Waals surface area contributed by atoms with Crippen LogP contribution in [0.5, 0.6) is 23.0 Å². The molecule has 0 saturated carbocycles. The highest BCUT2D eigenvalue weighted by molar-refractivity contribution is 6.15. The third-order valence-corrected chi connectivity index (χ3v) is 16.0. The Morgan fingerprint density at radius 1 is 0.397 bits per heavy atom. The van der Waals surface area contributed by atoms with Gasteiger partial charge in [-0.3, -0.25) is 0 Å². The van der Waals surface area contributed by atoms with Gasteiger partial charge in [-0.1, -0.05) is 143 Å². The van der Waals surface area contributed by atoms with Crippen LogP contribution in [0.4, 0.5) is 0 Å². The molecule has 12 bridgehead atoms. The monoisotopic (exact) mass is 1050 g/mol. The summed E-state index contributed by atoms with van der Waals surface area (Å²) in [5.41, 5.74) is 11.3. The second kappa shape index (κ2) is 19.3. The zero-order valence-electron chi connectivity index (χ0n) is 46.7. The van der Waals surface area contributed by atoms with Crippen molar-refractivity contribution in [2.45, 2.75) is 156 Å². The molecule has 78 heavy (non-hydrogen) atoms. The quantitative estimate of drug-likeness (QED) is 0.0696. The van der Waals surface area contributed by atoms with E-state index in [1.54, 1.807) is 0 Å². The predicted octanol–water partition coefficient (Wildman–Crippen LogP) is 15.5. The minimum Gasteiger partial charge on any atom is -0.492 e. The fourth-order valence-electron chi connectivity index (χ4n) is 11.7. The molecule has 14 heteroatoms. The molecule has 2 N–H and O–H groups in total. The van der Waals surface area contributed by atoms with Crippen molar-refractivity contribution in [2.75, 3.05) is 26.4 Å². The molecule has 0 aliphatic carbocycles. The largest absolute Gasteiger partial charge is 0.492 e. The van der Waals surface area contributed by atoms with E-state index in [1.807, 2.05) is 0 Å². The molecule has 0 unspecified atom stereocenters. The molecule has 6 aliphatic rings. The highest BCUT2D eigenvalue weighted by Gasteiger charge is 2.44. The molecular weight excluding hydrogens is 977 g/mol. The second-order valence-corrected chi connectivity index (χ2v) is 23.6. The lowest BCUT2D eigenvalue weighted by atomic mass is 9.85. The predicted molar refractivity (Wildman–Crippen MR) is 306 cm³/mol. The van der Waals surface area contributed by atoms with E-state index >= 15 is 0 Å². The van der Waals surface area contributed by atoms with Gasteiger partial charge in [0.1, 0.15) is 70.0 Å². The van der Waals surface area contributed by atoms with Crippen molar-refractivity contribution in [3.8, 4) is 68.5 Å². The summed E-state index contributed by atoms with van der Waals surface area (Å²) in [6.45, 7) is 24.1. The summed E-state index contributed by atoms with van der Waals surface area (Å²) >= 11 is 0. The third kappa shape index (κ3) is 8.18. The van der Waals surface area contributed by atoms with Crippen LogP contribution in [0, 0.1) is 0 Å². The Morgan fingerprint density at radius 3 is 0.949 bits per heavy atom. The summed E-state index contributed by atoms with van der Waals surface area (Å²) in [6.07, 6.45) is 14.6. The van der Waals surface area contributed by atoms with Crippen molar-refractivity contribution < 1.29 is 28.4 Å². The average molecular weight is 1050 g/mol. The first-order chi connectivity index (χ1) is 37.8. The van der Waals surface area contributed by atoms with Crippen molar-refractivity contribution in [1.82, 2.24) is 39.9 Å². The maximum atomic E-state index is 7.01. The van der Waals surface area contributed by atoms with Gasteiger partial charge in [-0.2, -0.15) is 0 Å². The smallest absolute Gasteiger partial charge is 0.164 e. The maximum absolute atomic E-state index is 7.01. The van der Waals surface area contributed by atoms with E-state index in [0.29, 0.717) is 95.3 Å². The number of benzene rings is 4. The zero-order chi connectivity index (χ0) is 53.8. The van der Waals surface area contributed by atoms with E-state index in [9.17, 15) is 0 Å². The Bertz CT molecular complexity index is 3590. The molecule has 13 rings (SSSR count). The van der Waals surface area contributed by atoms with Crippen molar-refractivity contribution >= 4 is 44.1 Å². The lowest BCUT2D eigenvalue weighted by Gasteiger charge is -2.20. The molecule has 402 valence electrons. The molecule has 14 nitrogen and oxygen atoms in total. The lowest BCUT2D eigenvalue weighted by Crippen LogP contribution is -2.10. The highest BCUT2D eigenvalue weighted by Crippen LogP contribution is 2.60. The van der Waals surface area contributed by atoms with E-state index in [4.69, 9.17) is 58.3 Å². The van der Waals surface area contributed by atoms with E-state index in [-0.39, 0.29) is 35.2 Å². The molecule has 0 amide bonds. The average Bonchev–Trinajstić information content (AvgIpc) is 4.49. The number of ether oxygens (including phenoxy) is 6. The molecule has 0 spiro atoms. The molecule has 4 atom stereocenters. The number of hydrogen-bond acceptors (Lipinski definition) is 12. The van der Waals surface area contributed by atoms with Gasteiger partial charge in [0.05, 0.1) is 48.0 Å². The molecule has 0 fully saturated rings. The lowest BCUT2D eigenvalue weighted by molar-refractivity contribution is 0.0855. The van der Waals surface area contributed by atoms with Gasteiger partial charge in [0.2, 0.25) is 0 Å². The number of aromatic nitrogens is 8. The van der Waals surface area contributed by atoms with Crippen LogP contribution in [0.25, 0.3) is 89.7 Å². The van der Waals surface area contributed by atoms with Crippen molar-refractivity contribution in [3.63, 3.8) is 0 Å². The van der Waals surface area contributed by atoms with E-state index in [1.165, 1.54) is 0 Å². The number of H-pyrrole nitrogens is 2. The Balaban J connectivity index is 1.23. The first-order valence-corrected chi connectivity index (χ1v) is 28.6. The summed E-state index contributed by atoms with van der Waals surface area (Å²) in [5.74, 6) is 4.82. The second-order valence-electron chi connectivity index (χ2n) is 23.6. The van der Waals surface area contributed by atoms with Crippen LogP contribution in [-0.4, -0.2) is 66.3 Å². The van der Waals surface area contributed by atoms with Gasteiger partial charge in [-0.15, -0.1) is 0 Å². The Hall–Kier alpha value is -7.16. The Morgan fingerprint density at radius 2 is 0.679 bits per heavy atom. The van der Waals surface area contributed by atoms with Crippen LogP contribution in [0.3, 0.4) is 0 Å². The molecular formula is C64H70N8O6. The van der Waals surface area contributed by atoms with Crippen LogP contribution in [0.1, 0.15) is 178 Å². The molecule has 6 aliphatic heterocycles. The molecule has 3 aromatic heterocycles. The van der Waals surface area contributed by atoms with Gasteiger partial charge in [-0.25, -0.2) is 29.9 Å². The standard InChI is InChI=1S/C64H70N8O6/c1-11-15-27-73-51-43-39-23-25-41(77-39)45(43)53(75-29-17-13-3)49-47(51)59-67-55-35-21-19-33(63(5,6)7)31-37(35)58(65-55)70-62-50-48(52(74-28-16-12-2)44-40-24-26-42(78-40)46(44)54(50)76-30-18-14-4)60(72-62)68-56-36-22-20-34(64(8,9)10)32-38(36)57(66-56)69-61(49)71-59/h19-26,31-32,39-42H,11-18,27-30H2,1-10H3,(H2,65,66,67,68,69,70,71,72)/t39-,40+,41+,42-. The van der Waals surface area contributed by atoms with E-state index < -0.39 is 0 Å². The van der Waals surface area contributed by atoms with E-state index in [0.717, 1.165) is 129 Å². The van der Waals surface area contributed by atoms with Crippen molar-refractivity contribution in [2.24, 2.45) is 0 Å². The van der Waals surface area contributed by atoms with Crippen LogP contribution in [0.2, 0.25) is 0 Å². The van der Waals surface area contributed by atoms with Crippen LogP contribution in [0.15, 0.2) is 60.7 Å². The molecule has 0 saturated heterocycles. The fourth-order valence-corrected chi connectivity index (χ4v) is 11.7. The number of hydrogen-bond donors (Lipinski definition) is 2. The summed E-state index contributed by atoms with van der Waals surface area (Å²) in [6, 6.07) is 13.0. The van der Waals surface area contributed by atoms with Gasteiger partial charge in [0.15, 0.2) is 23.3 Å².